The van der Waals surface area contributed by atoms with Gasteiger partial charge in [-0.25, -0.2) is 0 Å². The minimum atomic E-state index is -0.811. The Morgan fingerprint density at radius 1 is 0.368 bits per heavy atom. The second kappa shape index (κ2) is 45.0. The first-order valence-electron chi connectivity index (χ1n) is 22.7. The van der Waals surface area contributed by atoms with E-state index < -0.39 is 6.10 Å². The summed E-state index contributed by atoms with van der Waals surface area (Å²) in [6.45, 7) is 6.31. The average Bonchev–Trinajstić information content (AvgIpc) is 3.21. The predicted molar refractivity (Wildman–Crippen MR) is 242 cm³/mol. The Kier molecular flexibility index (Phi) is 42.1. The molecule has 0 N–H and O–H groups in total. The molecule has 1 atom stereocenters. The number of carbonyl (C=O) groups excluding carboxylic acids is 3. The van der Waals surface area contributed by atoms with Crippen LogP contribution >= 0.6 is 0 Å². The highest BCUT2D eigenvalue weighted by Crippen LogP contribution is 2.11. The largest absolute Gasteiger partial charge is 0.462 e. The lowest BCUT2D eigenvalue weighted by atomic mass is 10.1. The van der Waals surface area contributed by atoms with E-state index in [2.05, 4.69) is 106 Å². The number of hydrogen-bond donors (Lipinski definition) is 0. The van der Waals surface area contributed by atoms with E-state index in [-0.39, 0.29) is 37.5 Å². The van der Waals surface area contributed by atoms with Gasteiger partial charge in [-0.2, -0.15) is 0 Å². The fraction of sp³-hybridized carbons (Fsp3) is 0.627. The molecule has 0 bridgehead atoms. The van der Waals surface area contributed by atoms with Gasteiger partial charge < -0.3 is 14.2 Å². The van der Waals surface area contributed by atoms with E-state index >= 15 is 0 Å². The van der Waals surface area contributed by atoms with E-state index in [1.54, 1.807) is 0 Å². The van der Waals surface area contributed by atoms with Gasteiger partial charge in [-0.05, 0) is 83.5 Å². The monoisotopic (exact) mass is 791 g/mol. The number of hydrogen-bond acceptors (Lipinski definition) is 6. The number of carbonyl (C=O) groups is 3. The van der Waals surface area contributed by atoms with Crippen molar-refractivity contribution in [2.24, 2.45) is 0 Å². The Bertz CT molecular complexity index is 1180. The van der Waals surface area contributed by atoms with Crippen molar-refractivity contribution in [1.82, 2.24) is 0 Å². The van der Waals surface area contributed by atoms with Crippen molar-refractivity contribution in [2.75, 3.05) is 13.2 Å². The Balaban J connectivity index is 4.43. The zero-order chi connectivity index (χ0) is 41.5. The third-order valence-corrected chi connectivity index (χ3v) is 9.09. The van der Waals surface area contributed by atoms with Gasteiger partial charge in [0, 0.05) is 19.3 Å². The van der Waals surface area contributed by atoms with Crippen LogP contribution in [0.2, 0.25) is 0 Å². The van der Waals surface area contributed by atoms with Gasteiger partial charge in [0.15, 0.2) is 6.10 Å². The number of ether oxygens (including phenoxy) is 3. The lowest BCUT2D eigenvalue weighted by Gasteiger charge is -2.18. The summed E-state index contributed by atoms with van der Waals surface area (Å²) in [5.74, 6) is -1.03. The molecule has 0 saturated carbocycles. The molecule has 0 saturated heterocycles. The standard InChI is InChI=1S/C51H82O6/c1-4-7-10-13-16-18-20-22-24-25-26-27-28-30-31-33-35-38-41-44-50(53)56-47-48(46-55-49(52)43-40-37-15-12-9-6-3)57-51(54)45-42-39-36-34-32-29-23-21-19-17-14-11-8-5-2/h7,10,14,16-18,21-24,26-27,30-31,35,38,48H,4-6,8-9,11-13,15,19-20,25,28-29,32-34,36-37,39-47H2,1-3H3/b10-7-,17-14-,18-16-,23-21-,24-22-,27-26-,31-30-,38-35-. The van der Waals surface area contributed by atoms with Crippen LogP contribution in [0.25, 0.3) is 0 Å². The molecule has 322 valence electrons. The molecule has 0 aliphatic carbocycles. The van der Waals surface area contributed by atoms with Crippen LogP contribution in [0.1, 0.15) is 188 Å². The molecule has 57 heavy (non-hydrogen) atoms. The maximum absolute atomic E-state index is 12.7. The molecule has 0 fully saturated rings. The van der Waals surface area contributed by atoms with E-state index in [0.29, 0.717) is 19.3 Å². The topological polar surface area (TPSA) is 78.9 Å². The molecule has 6 heteroatoms. The summed E-state index contributed by atoms with van der Waals surface area (Å²) >= 11 is 0. The molecule has 0 heterocycles. The molecule has 0 spiro atoms. The van der Waals surface area contributed by atoms with E-state index in [9.17, 15) is 14.4 Å². The second-order valence-corrected chi connectivity index (χ2v) is 14.6. The van der Waals surface area contributed by atoms with Crippen molar-refractivity contribution in [3.63, 3.8) is 0 Å². The van der Waals surface area contributed by atoms with Crippen molar-refractivity contribution >= 4 is 17.9 Å². The Hall–Kier alpha value is -3.67. The SMILES string of the molecule is CC/C=C\C/C=C\C/C=C\C/C=C\C/C=C\C/C=C\CCC(=O)OCC(COC(=O)CCCCCCCC)OC(=O)CCCCCCC/C=C\C/C=C\CCCC. The third-order valence-electron chi connectivity index (χ3n) is 9.09. The highest BCUT2D eigenvalue weighted by Gasteiger charge is 2.19. The Morgan fingerprint density at radius 3 is 1.23 bits per heavy atom. The first-order chi connectivity index (χ1) is 28.0. The Labute approximate surface area is 349 Å². The lowest BCUT2D eigenvalue weighted by molar-refractivity contribution is -0.166. The molecule has 0 aliphatic heterocycles. The molecule has 6 nitrogen and oxygen atoms in total. The second-order valence-electron chi connectivity index (χ2n) is 14.6. The molecular weight excluding hydrogens is 709 g/mol. The minimum absolute atomic E-state index is 0.108. The van der Waals surface area contributed by atoms with Crippen LogP contribution in [-0.2, 0) is 28.6 Å². The molecule has 0 amide bonds. The van der Waals surface area contributed by atoms with Crippen LogP contribution in [0.3, 0.4) is 0 Å². The van der Waals surface area contributed by atoms with Crippen LogP contribution in [0, 0.1) is 0 Å². The van der Waals surface area contributed by atoms with Gasteiger partial charge in [0.05, 0.1) is 0 Å². The van der Waals surface area contributed by atoms with Gasteiger partial charge in [-0.15, -0.1) is 0 Å². The summed E-state index contributed by atoms with van der Waals surface area (Å²) < 4.78 is 16.5. The Morgan fingerprint density at radius 2 is 0.737 bits per heavy atom. The number of unbranched alkanes of at least 4 members (excludes halogenated alkanes) is 12. The van der Waals surface area contributed by atoms with Gasteiger partial charge >= 0.3 is 17.9 Å². The van der Waals surface area contributed by atoms with Crippen molar-refractivity contribution in [1.29, 1.82) is 0 Å². The van der Waals surface area contributed by atoms with E-state index in [4.69, 9.17) is 14.2 Å². The number of rotatable bonds is 39. The summed E-state index contributed by atoms with van der Waals surface area (Å²) in [5.41, 5.74) is 0. The van der Waals surface area contributed by atoms with Gasteiger partial charge in [-0.3, -0.25) is 14.4 Å². The zero-order valence-electron chi connectivity index (χ0n) is 36.6. The van der Waals surface area contributed by atoms with Crippen LogP contribution in [0.15, 0.2) is 97.2 Å². The van der Waals surface area contributed by atoms with Gasteiger partial charge in [-0.1, -0.05) is 182 Å². The van der Waals surface area contributed by atoms with Crippen LogP contribution < -0.4 is 0 Å². The quantitative estimate of drug-likeness (QED) is 0.0267. The van der Waals surface area contributed by atoms with Gasteiger partial charge in [0.2, 0.25) is 0 Å². The fourth-order valence-electron chi connectivity index (χ4n) is 5.66. The highest BCUT2D eigenvalue weighted by molar-refractivity contribution is 5.71. The number of esters is 3. The highest BCUT2D eigenvalue weighted by atomic mass is 16.6. The molecule has 0 aromatic heterocycles. The normalized spacial score (nSPS) is 13.0. The van der Waals surface area contributed by atoms with Crippen LogP contribution in [0.5, 0.6) is 0 Å². The zero-order valence-corrected chi connectivity index (χ0v) is 36.6. The molecule has 0 radical (unpaired) electrons. The molecule has 1 unspecified atom stereocenters. The molecule has 0 aromatic carbocycles. The van der Waals surface area contributed by atoms with Crippen LogP contribution in [0.4, 0.5) is 0 Å². The van der Waals surface area contributed by atoms with Crippen molar-refractivity contribution < 1.29 is 28.6 Å². The van der Waals surface area contributed by atoms with E-state index in [1.165, 1.54) is 38.5 Å². The van der Waals surface area contributed by atoms with Crippen molar-refractivity contribution in [2.45, 2.75) is 194 Å². The summed E-state index contributed by atoms with van der Waals surface area (Å²) in [6.07, 6.45) is 58.5. The smallest absolute Gasteiger partial charge is 0.306 e. The first kappa shape index (κ1) is 53.3. The summed E-state index contributed by atoms with van der Waals surface area (Å²) in [4.78, 5) is 37.5. The summed E-state index contributed by atoms with van der Waals surface area (Å²) in [6, 6.07) is 0. The molecule has 0 aromatic rings. The maximum Gasteiger partial charge on any atom is 0.306 e. The minimum Gasteiger partial charge on any atom is -0.462 e. The van der Waals surface area contributed by atoms with Gasteiger partial charge in [0.25, 0.3) is 0 Å². The summed E-state index contributed by atoms with van der Waals surface area (Å²) in [7, 11) is 0. The lowest BCUT2D eigenvalue weighted by Crippen LogP contribution is -2.30. The average molecular weight is 791 g/mol. The van der Waals surface area contributed by atoms with E-state index in [1.807, 2.05) is 12.2 Å². The summed E-state index contributed by atoms with van der Waals surface area (Å²) in [5, 5.41) is 0. The first-order valence-corrected chi connectivity index (χ1v) is 22.7. The number of allylic oxidation sites excluding steroid dienone is 16. The third kappa shape index (κ3) is 43.3. The molecule has 0 rings (SSSR count). The molecular formula is C51H82O6. The molecule has 0 aliphatic rings. The predicted octanol–water partition coefficient (Wildman–Crippen LogP) is 14.6. The maximum atomic E-state index is 12.7. The van der Waals surface area contributed by atoms with Crippen molar-refractivity contribution in [3.05, 3.63) is 97.2 Å². The van der Waals surface area contributed by atoms with Crippen LogP contribution in [-0.4, -0.2) is 37.2 Å². The van der Waals surface area contributed by atoms with Gasteiger partial charge in [0.1, 0.15) is 13.2 Å². The fourth-order valence-corrected chi connectivity index (χ4v) is 5.66. The van der Waals surface area contributed by atoms with E-state index in [0.717, 1.165) is 103 Å². The van der Waals surface area contributed by atoms with Crippen molar-refractivity contribution in [3.8, 4) is 0 Å².